The molecule has 4 nitrogen and oxygen atoms in total. The highest BCUT2D eigenvalue weighted by molar-refractivity contribution is 5.76. The Hall–Kier alpha value is -0.770. The van der Waals surface area contributed by atoms with Crippen molar-refractivity contribution < 1.29 is 4.79 Å². The Balaban J connectivity index is 1.96. The molecule has 74 valence electrons. The van der Waals surface area contributed by atoms with Crippen molar-refractivity contribution in [1.82, 2.24) is 15.1 Å². The van der Waals surface area contributed by atoms with Crippen LogP contribution in [0.1, 0.15) is 12.8 Å². The molecule has 2 aliphatic rings. The Morgan fingerprint density at radius 3 is 2.85 bits per heavy atom. The Morgan fingerprint density at radius 1 is 1.46 bits per heavy atom. The van der Waals surface area contributed by atoms with E-state index in [9.17, 15) is 4.79 Å². The largest absolute Gasteiger partial charge is 0.326 e. The molecule has 1 unspecified atom stereocenters. The molecular weight excluding hydrogens is 166 g/mol. The predicted octanol–water partition coefficient (Wildman–Crippen LogP) is 0.106. The zero-order valence-electron chi connectivity index (χ0n) is 8.12. The molecule has 2 rings (SSSR count). The molecule has 1 N–H and O–H groups in total. The van der Waals surface area contributed by atoms with E-state index >= 15 is 0 Å². The number of carbonyl (C=O) groups excluding carboxylic acids is 1. The second-order valence-electron chi connectivity index (χ2n) is 3.90. The zero-order valence-corrected chi connectivity index (χ0v) is 8.12. The zero-order chi connectivity index (χ0) is 9.26. The third-order valence-electron chi connectivity index (χ3n) is 2.96. The van der Waals surface area contributed by atoms with Gasteiger partial charge in [0.25, 0.3) is 0 Å². The molecule has 0 aliphatic carbocycles. The molecule has 2 fully saturated rings. The maximum Gasteiger partial charge on any atom is 0.320 e. The molecule has 2 saturated heterocycles. The number of nitrogens with zero attached hydrogens (tertiary/aromatic N) is 2. The summed E-state index contributed by atoms with van der Waals surface area (Å²) in [6.45, 7) is 3.87. The van der Waals surface area contributed by atoms with Gasteiger partial charge in [0.15, 0.2) is 0 Å². The summed E-state index contributed by atoms with van der Waals surface area (Å²) in [5.41, 5.74) is 0. The molecule has 0 bridgehead atoms. The first-order valence-electron chi connectivity index (χ1n) is 5.01. The lowest BCUT2D eigenvalue weighted by atomic mass is 10.1. The highest BCUT2D eigenvalue weighted by atomic mass is 16.2. The Morgan fingerprint density at radius 2 is 2.31 bits per heavy atom. The van der Waals surface area contributed by atoms with E-state index in [4.69, 9.17) is 0 Å². The van der Waals surface area contributed by atoms with Crippen molar-refractivity contribution in [3.8, 4) is 0 Å². The summed E-state index contributed by atoms with van der Waals surface area (Å²) in [5.74, 6) is 0. The van der Waals surface area contributed by atoms with Crippen LogP contribution in [-0.2, 0) is 0 Å². The topological polar surface area (TPSA) is 35.6 Å². The van der Waals surface area contributed by atoms with E-state index in [1.165, 1.54) is 6.42 Å². The van der Waals surface area contributed by atoms with Gasteiger partial charge in [-0.25, -0.2) is 4.79 Å². The van der Waals surface area contributed by atoms with Crippen molar-refractivity contribution in [2.45, 2.75) is 18.9 Å². The van der Waals surface area contributed by atoms with Crippen LogP contribution in [0, 0.1) is 0 Å². The van der Waals surface area contributed by atoms with Crippen LogP contribution in [0.3, 0.4) is 0 Å². The third kappa shape index (κ3) is 1.63. The predicted molar refractivity (Wildman–Crippen MR) is 50.6 cm³/mol. The molecule has 1 atom stereocenters. The van der Waals surface area contributed by atoms with Gasteiger partial charge >= 0.3 is 6.03 Å². The van der Waals surface area contributed by atoms with E-state index in [2.05, 4.69) is 5.32 Å². The van der Waals surface area contributed by atoms with Crippen molar-refractivity contribution in [3.63, 3.8) is 0 Å². The van der Waals surface area contributed by atoms with Gasteiger partial charge in [-0.05, 0) is 19.4 Å². The standard InChI is InChI=1S/C9H17N3O/c1-11-5-6-12(9(11)13)8-3-2-4-10-7-8/h8,10H,2-7H2,1H3. The third-order valence-corrected chi connectivity index (χ3v) is 2.96. The molecule has 2 heterocycles. The minimum atomic E-state index is 0.203. The van der Waals surface area contributed by atoms with Gasteiger partial charge in [-0.2, -0.15) is 0 Å². The van der Waals surface area contributed by atoms with E-state index in [1.54, 1.807) is 4.90 Å². The number of carbonyl (C=O) groups is 1. The molecule has 0 aromatic rings. The van der Waals surface area contributed by atoms with E-state index < -0.39 is 0 Å². The number of rotatable bonds is 1. The average Bonchev–Trinajstić information content (AvgIpc) is 2.49. The van der Waals surface area contributed by atoms with Crippen molar-refractivity contribution in [2.75, 3.05) is 33.2 Å². The summed E-state index contributed by atoms with van der Waals surface area (Å²) in [5, 5.41) is 3.33. The first-order valence-corrected chi connectivity index (χ1v) is 5.01. The number of hydrogen-bond acceptors (Lipinski definition) is 2. The summed E-state index contributed by atoms with van der Waals surface area (Å²) in [6.07, 6.45) is 2.35. The van der Waals surface area contributed by atoms with Gasteiger partial charge in [-0.15, -0.1) is 0 Å². The average molecular weight is 183 g/mol. The monoisotopic (exact) mass is 183 g/mol. The smallest absolute Gasteiger partial charge is 0.320 e. The molecule has 0 saturated carbocycles. The summed E-state index contributed by atoms with van der Waals surface area (Å²) < 4.78 is 0. The molecule has 0 spiro atoms. The summed E-state index contributed by atoms with van der Waals surface area (Å²) in [6, 6.07) is 0.639. The van der Waals surface area contributed by atoms with Crippen LogP contribution in [0.2, 0.25) is 0 Å². The van der Waals surface area contributed by atoms with Crippen molar-refractivity contribution >= 4 is 6.03 Å². The Kier molecular flexibility index (Phi) is 2.40. The maximum atomic E-state index is 11.6. The number of amides is 2. The van der Waals surface area contributed by atoms with Gasteiger partial charge in [-0.3, -0.25) is 0 Å². The lowest BCUT2D eigenvalue weighted by Gasteiger charge is -2.30. The van der Waals surface area contributed by atoms with E-state index in [1.807, 2.05) is 11.9 Å². The lowest BCUT2D eigenvalue weighted by Crippen LogP contribution is -2.47. The van der Waals surface area contributed by atoms with Crippen LogP contribution in [0.4, 0.5) is 4.79 Å². The quantitative estimate of drug-likeness (QED) is 0.626. The molecule has 0 aromatic carbocycles. The second-order valence-corrected chi connectivity index (χ2v) is 3.90. The molecular formula is C9H17N3O. The SMILES string of the molecule is CN1CCN(C2CCCNC2)C1=O. The molecule has 0 radical (unpaired) electrons. The van der Waals surface area contributed by atoms with Crippen LogP contribution in [0.25, 0.3) is 0 Å². The highest BCUT2D eigenvalue weighted by Crippen LogP contribution is 2.15. The summed E-state index contributed by atoms with van der Waals surface area (Å²) >= 11 is 0. The summed E-state index contributed by atoms with van der Waals surface area (Å²) in [4.78, 5) is 15.4. The fraction of sp³-hybridized carbons (Fsp3) is 0.889. The van der Waals surface area contributed by atoms with Crippen LogP contribution in [0.15, 0.2) is 0 Å². The van der Waals surface area contributed by atoms with Gasteiger partial charge in [0.1, 0.15) is 0 Å². The normalized spacial score (nSPS) is 29.9. The fourth-order valence-corrected chi connectivity index (χ4v) is 2.11. The van der Waals surface area contributed by atoms with E-state index in [0.29, 0.717) is 6.04 Å². The first-order chi connectivity index (χ1) is 6.29. The van der Waals surface area contributed by atoms with E-state index in [-0.39, 0.29) is 6.03 Å². The van der Waals surface area contributed by atoms with Crippen molar-refractivity contribution in [1.29, 1.82) is 0 Å². The second kappa shape index (κ2) is 3.54. The molecule has 2 aliphatic heterocycles. The van der Waals surface area contributed by atoms with Gasteiger partial charge in [0.2, 0.25) is 0 Å². The number of nitrogens with one attached hydrogen (secondary N) is 1. The lowest BCUT2D eigenvalue weighted by molar-refractivity contribution is 0.172. The van der Waals surface area contributed by atoms with Crippen LogP contribution in [0.5, 0.6) is 0 Å². The number of urea groups is 1. The molecule has 13 heavy (non-hydrogen) atoms. The Bertz CT molecular complexity index is 201. The van der Waals surface area contributed by atoms with Crippen molar-refractivity contribution in [3.05, 3.63) is 0 Å². The van der Waals surface area contributed by atoms with Gasteiger partial charge in [0, 0.05) is 32.7 Å². The van der Waals surface area contributed by atoms with Crippen LogP contribution in [-0.4, -0.2) is 55.1 Å². The van der Waals surface area contributed by atoms with Crippen molar-refractivity contribution in [2.24, 2.45) is 0 Å². The van der Waals surface area contributed by atoms with Gasteiger partial charge in [0.05, 0.1) is 0 Å². The van der Waals surface area contributed by atoms with Gasteiger partial charge < -0.3 is 15.1 Å². The number of likely N-dealkylation sites (N-methyl/N-ethyl adjacent to an activating group) is 1. The number of piperidine rings is 1. The maximum absolute atomic E-state index is 11.6. The van der Waals surface area contributed by atoms with Crippen LogP contribution >= 0.6 is 0 Å². The fourth-order valence-electron chi connectivity index (χ4n) is 2.11. The minimum absolute atomic E-state index is 0.203. The number of hydrogen-bond donors (Lipinski definition) is 1. The van der Waals surface area contributed by atoms with E-state index in [0.717, 1.165) is 32.6 Å². The van der Waals surface area contributed by atoms with Gasteiger partial charge in [-0.1, -0.05) is 0 Å². The molecule has 2 amide bonds. The highest BCUT2D eigenvalue weighted by Gasteiger charge is 2.31. The minimum Gasteiger partial charge on any atom is -0.326 e. The summed E-state index contributed by atoms with van der Waals surface area (Å²) in [7, 11) is 1.87. The van der Waals surface area contributed by atoms with Crippen LogP contribution < -0.4 is 5.32 Å². The first kappa shape index (κ1) is 8.81. The molecule has 0 aromatic heterocycles. The molecule has 4 heteroatoms. The Labute approximate surface area is 78.9 Å².